The van der Waals surface area contributed by atoms with Gasteiger partial charge in [0.15, 0.2) is 5.65 Å². The van der Waals surface area contributed by atoms with Crippen LogP contribution in [0.3, 0.4) is 0 Å². The smallest absolute Gasteiger partial charge is 0.254 e. The van der Waals surface area contributed by atoms with Crippen LogP contribution in [0.5, 0.6) is 0 Å². The van der Waals surface area contributed by atoms with Crippen LogP contribution in [-0.4, -0.2) is 51.9 Å². The first kappa shape index (κ1) is 15.7. The third-order valence-corrected chi connectivity index (χ3v) is 4.38. The zero-order valence-corrected chi connectivity index (χ0v) is 13.8. The number of rotatable bonds is 2. The van der Waals surface area contributed by atoms with Crippen LogP contribution < -0.4 is 0 Å². The van der Waals surface area contributed by atoms with Crippen LogP contribution in [0.4, 0.5) is 4.39 Å². The third-order valence-electron chi connectivity index (χ3n) is 4.38. The van der Waals surface area contributed by atoms with E-state index < -0.39 is 0 Å². The molecule has 1 aliphatic rings. The van der Waals surface area contributed by atoms with Crippen molar-refractivity contribution in [2.75, 3.05) is 26.3 Å². The molecule has 7 heteroatoms. The lowest BCUT2D eigenvalue weighted by atomic mass is 10.1. The highest BCUT2D eigenvalue weighted by molar-refractivity contribution is 6.06. The van der Waals surface area contributed by atoms with Crippen molar-refractivity contribution in [2.24, 2.45) is 7.05 Å². The number of ether oxygens (including phenoxy) is 1. The topological polar surface area (TPSA) is 60.2 Å². The second-order valence-electron chi connectivity index (χ2n) is 5.94. The normalized spacial score (nSPS) is 14.9. The van der Waals surface area contributed by atoms with Crippen LogP contribution in [0.25, 0.3) is 22.3 Å². The van der Waals surface area contributed by atoms with E-state index in [1.807, 2.05) is 0 Å². The van der Waals surface area contributed by atoms with Gasteiger partial charge in [-0.05, 0) is 18.2 Å². The number of nitrogens with zero attached hydrogens (tertiary/aromatic N) is 4. The summed E-state index contributed by atoms with van der Waals surface area (Å²) in [5.41, 5.74) is 1.82. The molecular weight excluding hydrogens is 323 g/mol. The second-order valence-corrected chi connectivity index (χ2v) is 5.94. The van der Waals surface area contributed by atoms with E-state index >= 15 is 0 Å². The molecule has 0 aliphatic carbocycles. The van der Waals surface area contributed by atoms with Crippen LogP contribution in [0.1, 0.15) is 10.4 Å². The predicted octanol–water partition coefficient (Wildman–Crippen LogP) is 2.25. The molecular formula is C18H17FN4O2. The number of benzene rings is 1. The van der Waals surface area contributed by atoms with E-state index in [-0.39, 0.29) is 11.7 Å². The predicted molar refractivity (Wildman–Crippen MR) is 90.6 cm³/mol. The summed E-state index contributed by atoms with van der Waals surface area (Å²) in [6, 6.07) is 8.06. The standard InChI is InChI=1S/C18H17FN4O2/c1-22-17-14(11-20-22)13(18(24)23-6-8-25-9-7-23)10-16(21-17)12-4-2-3-5-15(12)19/h2-5,10-11H,6-9H2,1H3. The number of aromatic nitrogens is 3. The van der Waals surface area contributed by atoms with Gasteiger partial charge >= 0.3 is 0 Å². The van der Waals surface area contributed by atoms with E-state index in [1.54, 1.807) is 47.1 Å². The van der Waals surface area contributed by atoms with E-state index in [4.69, 9.17) is 4.74 Å². The maximum atomic E-state index is 14.2. The number of pyridine rings is 1. The Morgan fingerprint density at radius 1 is 1.24 bits per heavy atom. The Morgan fingerprint density at radius 2 is 2.00 bits per heavy atom. The molecule has 1 amide bonds. The molecule has 0 bridgehead atoms. The average Bonchev–Trinajstić information content (AvgIpc) is 3.02. The molecule has 0 radical (unpaired) electrons. The molecule has 0 atom stereocenters. The van der Waals surface area contributed by atoms with Crippen molar-refractivity contribution in [3.63, 3.8) is 0 Å². The van der Waals surface area contributed by atoms with E-state index in [1.165, 1.54) is 6.07 Å². The molecule has 1 aromatic carbocycles. The largest absolute Gasteiger partial charge is 0.378 e. The number of aryl methyl sites for hydroxylation is 1. The van der Waals surface area contributed by atoms with E-state index in [9.17, 15) is 9.18 Å². The molecule has 2 aromatic heterocycles. The molecule has 1 fully saturated rings. The fraction of sp³-hybridized carbons (Fsp3) is 0.278. The lowest BCUT2D eigenvalue weighted by molar-refractivity contribution is 0.0304. The molecule has 128 valence electrons. The fourth-order valence-corrected chi connectivity index (χ4v) is 3.04. The number of fused-ring (bicyclic) bond motifs is 1. The summed E-state index contributed by atoms with van der Waals surface area (Å²) in [7, 11) is 1.75. The van der Waals surface area contributed by atoms with Gasteiger partial charge in [-0.25, -0.2) is 9.37 Å². The first-order chi connectivity index (χ1) is 12.1. The SMILES string of the molecule is Cn1ncc2c(C(=O)N3CCOCC3)cc(-c3ccccc3F)nc21. The first-order valence-electron chi connectivity index (χ1n) is 8.10. The van der Waals surface area contributed by atoms with E-state index in [0.717, 1.165) is 0 Å². The summed E-state index contributed by atoms with van der Waals surface area (Å²) in [5, 5.41) is 4.87. The number of carbonyl (C=O) groups is 1. The summed E-state index contributed by atoms with van der Waals surface area (Å²) in [4.78, 5) is 19.3. The van der Waals surface area contributed by atoms with Gasteiger partial charge in [-0.1, -0.05) is 12.1 Å². The van der Waals surface area contributed by atoms with E-state index in [2.05, 4.69) is 10.1 Å². The Kier molecular flexibility index (Phi) is 3.93. The van der Waals surface area contributed by atoms with Gasteiger partial charge in [-0.15, -0.1) is 0 Å². The molecule has 1 aliphatic heterocycles. The van der Waals surface area contributed by atoms with Crippen molar-refractivity contribution < 1.29 is 13.9 Å². The maximum Gasteiger partial charge on any atom is 0.254 e. The van der Waals surface area contributed by atoms with E-state index in [0.29, 0.717) is 54.2 Å². The highest BCUT2D eigenvalue weighted by Gasteiger charge is 2.23. The van der Waals surface area contributed by atoms with Crippen molar-refractivity contribution >= 4 is 16.9 Å². The zero-order valence-electron chi connectivity index (χ0n) is 13.8. The molecule has 3 heterocycles. The van der Waals surface area contributed by atoms with Crippen molar-refractivity contribution in [1.29, 1.82) is 0 Å². The van der Waals surface area contributed by atoms with Gasteiger partial charge in [0, 0.05) is 25.7 Å². The van der Waals surface area contributed by atoms with Crippen molar-refractivity contribution in [3.05, 3.63) is 47.9 Å². The van der Waals surface area contributed by atoms with Gasteiger partial charge in [0.1, 0.15) is 5.82 Å². The molecule has 0 saturated carbocycles. The molecule has 3 aromatic rings. The molecule has 1 saturated heterocycles. The molecule has 0 unspecified atom stereocenters. The number of hydrogen-bond acceptors (Lipinski definition) is 4. The third kappa shape index (κ3) is 2.76. The fourth-order valence-electron chi connectivity index (χ4n) is 3.04. The Hall–Kier alpha value is -2.80. The van der Waals surface area contributed by atoms with Crippen molar-refractivity contribution in [2.45, 2.75) is 0 Å². The second kappa shape index (κ2) is 6.25. The monoisotopic (exact) mass is 340 g/mol. The van der Waals surface area contributed by atoms with Gasteiger partial charge < -0.3 is 9.64 Å². The highest BCUT2D eigenvalue weighted by atomic mass is 19.1. The highest BCUT2D eigenvalue weighted by Crippen LogP contribution is 2.27. The molecule has 0 N–H and O–H groups in total. The minimum atomic E-state index is -0.374. The summed E-state index contributed by atoms with van der Waals surface area (Å²) in [5.74, 6) is -0.484. The van der Waals surface area contributed by atoms with Gasteiger partial charge in [-0.3, -0.25) is 9.48 Å². The van der Waals surface area contributed by atoms with Crippen molar-refractivity contribution in [3.8, 4) is 11.3 Å². The summed E-state index contributed by atoms with van der Waals surface area (Å²) in [6.07, 6.45) is 1.63. The Balaban J connectivity index is 1.88. The van der Waals surface area contributed by atoms with Gasteiger partial charge in [-0.2, -0.15) is 5.10 Å². The van der Waals surface area contributed by atoms with Gasteiger partial charge in [0.2, 0.25) is 0 Å². The van der Waals surface area contributed by atoms with Gasteiger partial charge in [0.05, 0.1) is 36.1 Å². The lowest BCUT2D eigenvalue weighted by Gasteiger charge is -2.27. The molecule has 6 nitrogen and oxygen atoms in total. The minimum absolute atomic E-state index is 0.110. The summed E-state index contributed by atoms with van der Waals surface area (Å²) < 4.78 is 21.1. The number of amides is 1. The number of hydrogen-bond donors (Lipinski definition) is 0. The number of halogens is 1. The first-order valence-corrected chi connectivity index (χ1v) is 8.10. The molecule has 0 spiro atoms. The van der Waals surface area contributed by atoms with Crippen LogP contribution in [0.2, 0.25) is 0 Å². The van der Waals surface area contributed by atoms with Crippen molar-refractivity contribution in [1.82, 2.24) is 19.7 Å². The quantitative estimate of drug-likeness (QED) is 0.718. The Morgan fingerprint density at radius 3 is 2.76 bits per heavy atom. The average molecular weight is 340 g/mol. The molecule has 4 rings (SSSR count). The van der Waals surface area contributed by atoms with Crippen LogP contribution in [0, 0.1) is 5.82 Å². The zero-order chi connectivity index (χ0) is 17.4. The summed E-state index contributed by atoms with van der Waals surface area (Å²) >= 11 is 0. The van der Waals surface area contributed by atoms with Crippen LogP contribution >= 0.6 is 0 Å². The Bertz CT molecular complexity index is 947. The lowest BCUT2D eigenvalue weighted by Crippen LogP contribution is -2.40. The number of morpholine rings is 1. The maximum absolute atomic E-state index is 14.2. The minimum Gasteiger partial charge on any atom is -0.378 e. The van der Waals surface area contributed by atoms with Crippen LogP contribution in [0.15, 0.2) is 36.5 Å². The molecule has 25 heavy (non-hydrogen) atoms. The van der Waals surface area contributed by atoms with Crippen LogP contribution in [-0.2, 0) is 11.8 Å². The number of carbonyl (C=O) groups excluding carboxylic acids is 1. The Labute approximate surface area is 143 Å². The summed E-state index contributed by atoms with van der Waals surface area (Å²) in [6.45, 7) is 2.12. The van der Waals surface area contributed by atoms with Gasteiger partial charge in [0.25, 0.3) is 5.91 Å².